The number of hydrogen-bond acceptors (Lipinski definition) is 5. The summed E-state index contributed by atoms with van der Waals surface area (Å²) in [6.45, 7) is 1.53. The molecule has 4 amide bonds. The molecule has 0 atom stereocenters. The first-order valence-corrected chi connectivity index (χ1v) is 9.79. The van der Waals surface area contributed by atoms with Gasteiger partial charge in [-0.1, -0.05) is 30.3 Å². The van der Waals surface area contributed by atoms with Gasteiger partial charge >= 0.3 is 6.09 Å². The van der Waals surface area contributed by atoms with Crippen molar-refractivity contribution in [2.75, 3.05) is 32.7 Å². The second-order valence-corrected chi connectivity index (χ2v) is 7.11. The van der Waals surface area contributed by atoms with Crippen molar-refractivity contribution < 1.29 is 23.9 Å². The highest BCUT2D eigenvalue weighted by Crippen LogP contribution is 2.22. The van der Waals surface area contributed by atoms with Crippen molar-refractivity contribution in [3.63, 3.8) is 0 Å². The van der Waals surface area contributed by atoms with E-state index in [1.807, 2.05) is 6.07 Å². The van der Waals surface area contributed by atoms with E-state index in [4.69, 9.17) is 4.74 Å². The van der Waals surface area contributed by atoms with Crippen LogP contribution in [-0.2, 0) is 4.79 Å². The van der Waals surface area contributed by atoms with Crippen molar-refractivity contribution in [2.24, 2.45) is 0 Å². The van der Waals surface area contributed by atoms with Crippen LogP contribution in [0.3, 0.4) is 0 Å². The predicted octanol–water partition coefficient (Wildman–Crippen LogP) is 2.02. The van der Waals surface area contributed by atoms with Gasteiger partial charge in [-0.05, 0) is 24.3 Å². The number of imide groups is 1. The molecule has 1 saturated heterocycles. The van der Waals surface area contributed by atoms with Crippen molar-refractivity contribution in [2.45, 2.75) is 6.42 Å². The molecule has 1 fully saturated rings. The Morgan fingerprint density at radius 3 is 1.90 bits per heavy atom. The number of benzene rings is 2. The highest BCUT2D eigenvalue weighted by atomic mass is 16.6. The number of amides is 4. The van der Waals surface area contributed by atoms with Crippen molar-refractivity contribution in [3.8, 4) is 5.75 Å². The molecule has 154 valence electrons. The highest BCUT2D eigenvalue weighted by Gasteiger charge is 2.35. The number of ether oxygens (including phenoxy) is 1. The lowest BCUT2D eigenvalue weighted by Crippen LogP contribution is -2.51. The number of para-hydroxylation sites is 1. The average molecular weight is 407 g/mol. The molecule has 0 unspecified atom stereocenters. The van der Waals surface area contributed by atoms with Crippen LogP contribution >= 0.6 is 0 Å². The zero-order valence-electron chi connectivity index (χ0n) is 16.3. The van der Waals surface area contributed by atoms with Crippen LogP contribution < -0.4 is 4.74 Å². The zero-order chi connectivity index (χ0) is 21.1. The van der Waals surface area contributed by atoms with Crippen molar-refractivity contribution in [3.05, 3.63) is 65.7 Å². The maximum atomic E-state index is 12.6. The van der Waals surface area contributed by atoms with Crippen LogP contribution in [0.1, 0.15) is 27.1 Å². The first kappa shape index (κ1) is 19.6. The summed E-state index contributed by atoms with van der Waals surface area (Å²) in [5.74, 6) is -0.404. The Morgan fingerprint density at radius 1 is 0.767 bits per heavy atom. The lowest BCUT2D eigenvalue weighted by Gasteiger charge is -2.34. The van der Waals surface area contributed by atoms with E-state index in [1.54, 1.807) is 58.3 Å². The minimum Gasteiger partial charge on any atom is -0.410 e. The molecular weight excluding hydrogens is 386 g/mol. The van der Waals surface area contributed by atoms with Gasteiger partial charge in [0.25, 0.3) is 11.8 Å². The Kier molecular flexibility index (Phi) is 5.47. The summed E-state index contributed by atoms with van der Waals surface area (Å²) < 4.78 is 5.32. The van der Waals surface area contributed by atoms with Gasteiger partial charge in [-0.25, -0.2) is 4.79 Å². The number of hydrogen-bond donors (Lipinski definition) is 0. The second kappa shape index (κ2) is 8.36. The smallest absolute Gasteiger partial charge is 0.410 e. The SMILES string of the molecule is O=C(CCN1C(=O)c2ccccc2C1=O)N1CCN(C(=O)Oc2ccccc2)CC1. The zero-order valence-corrected chi connectivity index (χ0v) is 16.3. The molecule has 0 aromatic heterocycles. The van der Waals surface area contributed by atoms with E-state index < -0.39 is 6.09 Å². The summed E-state index contributed by atoms with van der Waals surface area (Å²) in [4.78, 5) is 53.9. The molecule has 0 spiro atoms. The maximum absolute atomic E-state index is 12.6. The number of carbonyl (C=O) groups excluding carboxylic acids is 4. The van der Waals surface area contributed by atoms with Crippen LogP contribution in [0.15, 0.2) is 54.6 Å². The normalized spacial score (nSPS) is 15.9. The van der Waals surface area contributed by atoms with E-state index in [1.165, 1.54) is 0 Å². The summed E-state index contributed by atoms with van der Waals surface area (Å²) in [6, 6.07) is 15.5. The van der Waals surface area contributed by atoms with Crippen molar-refractivity contribution >= 4 is 23.8 Å². The number of carbonyl (C=O) groups is 4. The van der Waals surface area contributed by atoms with Crippen molar-refractivity contribution in [1.82, 2.24) is 14.7 Å². The van der Waals surface area contributed by atoms with E-state index >= 15 is 0 Å². The summed E-state index contributed by atoms with van der Waals surface area (Å²) in [5.41, 5.74) is 0.751. The summed E-state index contributed by atoms with van der Waals surface area (Å²) in [6.07, 6.45) is -0.390. The van der Waals surface area contributed by atoms with E-state index in [2.05, 4.69) is 0 Å². The van der Waals surface area contributed by atoms with Crippen LogP contribution in [0.25, 0.3) is 0 Å². The molecule has 2 aliphatic heterocycles. The molecule has 2 aliphatic rings. The summed E-state index contributed by atoms with van der Waals surface area (Å²) in [7, 11) is 0. The Morgan fingerprint density at radius 2 is 1.30 bits per heavy atom. The van der Waals surface area contributed by atoms with Crippen LogP contribution in [0, 0.1) is 0 Å². The third-order valence-corrected chi connectivity index (χ3v) is 5.27. The molecule has 2 aromatic carbocycles. The Bertz CT molecular complexity index is 948. The predicted molar refractivity (Wildman–Crippen MR) is 107 cm³/mol. The molecule has 30 heavy (non-hydrogen) atoms. The maximum Gasteiger partial charge on any atom is 0.415 e. The second-order valence-electron chi connectivity index (χ2n) is 7.11. The Labute approximate surface area is 173 Å². The highest BCUT2D eigenvalue weighted by molar-refractivity contribution is 6.21. The minimum atomic E-state index is -0.445. The lowest BCUT2D eigenvalue weighted by molar-refractivity contribution is -0.132. The van der Waals surface area contributed by atoms with E-state index in [0.29, 0.717) is 43.1 Å². The van der Waals surface area contributed by atoms with Crippen LogP contribution in [0.2, 0.25) is 0 Å². The molecule has 8 heteroatoms. The van der Waals surface area contributed by atoms with Gasteiger partial charge in [-0.3, -0.25) is 19.3 Å². The molecule has 0 saturated carbocycles. The first-order chi connectivity index (χ1) is 14.5. The molecule has 0 N–H and O–H groups in total. The molecule has 8 nitrogen and oxygen atoms in total. The fourth-order valence-corrected chi connectivity index (χ4v) is 3.60. The quantitative estimate of drug-likeness (QED) is 0.724. The number of piperazine rings is 1. The van der Waals surface area contributed by atoms with Gasteiger partial charge < -0.3 is 14.5 Å². The van der Waals surface area contributed by atoms with Crippen LogP contribution in [0.4, 0.5) is 4.79 Å². The third-order valence-electron chi connectivity index (χ3n) is 5.27. The summed E-state index contributed by atoms with van der Waals surface area (Å²) in [5, 5.41) is 0. The standard InChI is InChI=1S/C22H21N3O5/c26-19(10-11-25-20(27)17-8-4-5-9-18(17)21(25)28)23-12-14-24(15-13-23)22(29)30-16-6-2-1-3-7-16/h1-9H,10-15H2. The minimum absolute atomic E-state index is 0.0431. The van der Waals surface area contributed by atoms with Gasteiger partial charge in [0, 0.05) is 39.1 Å². The van der Waals surface area contributed by atoms with Crippen LogP contribution in [-0.4, -0.2) is 71.2 Å². The van der Waals surface area contributed by atoms with E-state index in [9.17, 15) is 19.2 Å². The number of rotatable bonds is 4. The van der Waals surface area contributed by atoms with Gasteiger partial charge in [0.1, 0.15) is 5.75 Å². The molecule has 0 bridgehead atoms. The summed E-state index contributed by atoms with van der Waals surface area (Å²) >= 11 is 0. The van der Waals surface area contributed by atoms with Gasteiger partial charge in [-0.15, -0.1) is 0 Å². The Balaban J connectivity index is 1.26. The molecule has 4 rings (SSSR count). The topological polar surface area (TPSA) is 87.2 Å². The van der Waals surface area contributed by atoms with E-state index in [0.717, 1.165) is 4.90 Å². The van der Waals surface area contributed by atoms with E-state index in [-0.39, 0.29) is 30.7 Å². The van der Waals surface area contributed by atoms with Crippen LogP contribution in [0.5, 0.6) is 5.75 Å². The monoisotopic (exact) mass is 407 g/mol. The Hall–Kier alpha value is -3.68. The van der Waals surface area contributed by atoms with Gasteiger partial charge in [0.05, 0.1) is 11.1 Å². The van der Waals surface area contributed by atoms with Gasteiger partial charge in [0.15, 0.2) is 0 Å². The number of fused-ring (bicyclic) bond motifs is 1. The fourth-order valence-electron chi connectivity index (χ4n) is 3.60. The molecule has 0 aliphatic carbocycles. The lowest BCUT2D eigenvalue weighted by atomic mass is 10.1. The molecule has 0 radical (unpaired) electrons. The molecule has 2 aromatic rings. The molecular formula is C22H21N3O5. The molecule has 2 heterocycles. The average Bonchev–Trinajstić information content (AvgIpc) is 3.03. The number of nitrogens with zero attached hydrogens (tertiary/aromatic N) is 3. The van der Waals surface area contributed by atoms with Crippen molar-refractivity contribution in [1.29, 1.82) is 0 Å². The fraction of sp³-hybridized carbons (Fsp3) is 0.273. The van der Waals surface area contributed by atoms with Gasteiger partial charge in [0.2, 0.25) is 5.91 Å². The van der Waals surface area contributed by atoms with Gasteiger partial charge in [-0.2, -0.15) is 0 Å². The third kappa shape index (κ3) is 3.89. The largest absolute Gasteiger partial charge is 0.415 e. The first-order valence-electron chi connectivity index (χ1n) is 9.79.